The number of imidazole rings is 1. The molecular formula is C15H19N5S. The van der Waals surface area contributed by atoms with Crippen LogP contribution in [-0.2, 0) is 18.7 Å². The fourth-order valence-corrected chi connectivity index (χ4v) is 3.15. The van der Waals surface area contributed by atoms with Crippen molar-refractivity contribution in [2.24, 2.45) is 0 Å². The highest BCUT2D eigenvalue weighted by molar-refractivity contribution is 7.98. The standard InChI is InChI=1S/C15H19N5S/c1-3-11-8-12(20(4-2)19-11)9-21-15-17-13-6-5-10(16)7-14(13)18-15/h5-8H,3-4,9,16H2,1-2H3,(H,17,18). The first-order valence-corrected chi connectivity index (χ1v) is 8.11. The molecule has 0 radical (unpaired) electrons. The Morgan fingerprint density at radius 1 is 1.29 bits per heavy atom. The fraction of sp³-hybridized carbons (Fsp3) is 0.333. The Hall–Kier alpha value is -1.95. The monoisotopic (exact) mass is 301 g/mol. The van der Waals surface area contributed by atoms with Crippen molar-refractivity contribution in [1.29, 1.82) is 0 Å². The minimum atomic E-state index is 0.749. The summed E-state index contributed by atoms with van der Waals surface area (Å²) in [6.07, 6.45) is 0.967. The molecule has 0 aliphatic rings. The lowest BCUT2D eigenvalue weighted by molar-refractivity contribution is 0.628. The molecule has 0 fully saturated rings. The van der Waals surface area contributed by atoms with Gasteiger partial charge in [-0.15, -0.1) is 0 Å². The number of benzene rings is 1. The summed E-state index contributed by atoms with van der Waals surface area (Å²) in [5.41, 5.74) is 10.8. The minimum absolute atomic E-state index is 0.749. The van der Waals surface area contributed by atoms with Crippen molar-refractivity contribution in [3.8, 4) is 0 Å². The molecule has 0 aliphatic heterocycles. The van der Waals surface area contributed by atoms with Gasteiger partial charge >= 0.3 is 0 Å². The molecule has 0 amide bonds. The molecule has 0 unspecified atom stereocenters. The van der Waals surface area contributed by atoms with Gasteiger partial charge in [0.15, 0.2) is 5.16 Å². The smallest absolute Gasteiger partial charge is 0.166 e. The van der Waals surface area contributed by atoms with E-state index in [0.717, 1.165) is 46.3 Å². The molecule has 0 atom stereocenters. The summed E-state index contributed by atoms with van der Waals surface area (Å²) < 4.78 is 2.06. The van der Waals surface area contributed by atoms with Gasteiger partial charge in [-0.2, -0.15) is 5.10 Å². The summed E-state index contributed by atoms with van der Waals surface area (Å²) in [4.78, 5) is 7.88. The van der Waals surface area contributed by atoms with Crippen LogP contribution in [0.5, 0.6) is 0 Å². The van der Waals surface area contributed by atoms with E-state index in [2.05, 4.69) is 39.7 Å². The summed E-state index contributed by atoms with van der Waals surface area (Å²) in [5, 5.41) is 5.48. The highest BCUT2D eigenvalue weighted by Gasteiger charge is 2.08. The maximum atomic E-state index is 5.79. The second kappa shape index (κ2) is 5.81. The van der Waals surface area contributed by atoms with Crippen molar-refractivity contribution >= 4 is 28.5 Å². The lowest BCUT2D eigenvalue weighted by atomic mass is 10.3. The third-order valence-corrected chi connectivity index (χ3v) is 4.32. The number of aryl methyl sites for hydroxylation is 2. The zero-order valence-electron chi connectivity index (χ0n) is 12.3. The number of aromatic nitrogens is 4. The Kier molecular flexibility index (Phi) is 3.88. The van der Waals surface area contributed by atoms with Gasteiger partial charge in [-0.25, -0.2) is 4.98 Å². The molecule has 2 heterocycles. The molecule has 0 spiro atoms. The summed E-state index contributed by atoms with van der Waals surface area (Å²) in [6, 6.07) is 7.91. The van der Waals surface area contributed by atoms with Gasteiger partial charge in [0.05, 0.1) is 16.7 Å². The van der Waals surface area contributed by atoms with E-state index in [9.17, 15) is 0 Å². The van der Waals surface area contributed by atoms with E-state index in [1.54, 1.807) is 11.8 Å². The van der Waals surface area contributed by atoms with E-state index >= 15 is 0 Å². The fourth-order valence-electron chi connectivity index (χ4n) is 2.29. The molecule has 3 rings (SSSR count). The van der Waals surface area contributed by atoms with Crippen LogP contribution in [0.3, 0.4) is 0 Å². The SMILES string of the molecule is CCc1cc(CSc2nc3ccc(N)cc3[nH]2)n(CC)n1. The Labute approximate surface area is 127 Å². The quantitative estimate of drug-likeness (QED) is 0.560. The predicted octanol–water partition coefficient (Wildman–Crippen LogP) is 3.22. The molecule has 3 aromatic rings. The molecule has 5 nitrogen and oxygen atoms in total. The van der Waals surface area contributed by atoms with Crippen LogP contribution < -0.4 is 5.73 Å². The molecule has 3 N–H and O–H groups in total. The summed E-state index contributed by atoms with van der Waals surface area (Å²) in [7, 11) is 0. The molecular weight excluding hydrogens is 282 g/mol. The molecule has 21 heavy (non-hydrogen) atoms. The first-order valence-electron chi connectivity index (χ1n) is 7.13. The highest BCUT2D eigenvalue weighted by Crippen LogP contribution is 2.24. The zero-order valence-corrected chi connectivity index (χ0v) is 13.1. The average Bonchev–Trinajstić information content (AvgIpc) is 3.07. The maximum absolute atomic E-state index is 5.79. The van der Waals surface area contributed by atoms with E-state index in [0.29, 0.717) is 0 Å². The number of thioether (sulfide) groups is 1. The lowest BCUT2D eigenvalue weighted by Gasteiger charge is -2.02. The number of hydrogen-bond donors (Lipinski definition) is 2. The van der Waals surface area contributed by atoms with E-state index in [1.165, 1.54) is 5.69 Å². The number of fused-ring (bicyclic) bond motifs is 1. The van der Waals surface area contributed by atoms with E-state index < -0.39 is 0 Å². The molecule has 0 aliphatic carbocycles. The highest BCUT2D eigenvalue weighted by atomic mass is 32.2. The number of hydrogen-bond acceptors (Lipinski definition) is 4. The normalized spacial score (nSPS) is 11.3. The van der Waals surface area contributed by atoms with Crippen LogP contribution in [0.4, 0.5) is 5.69 Å². The molecule has 2 aromatic heterocycles. The maximum Gasteiger partial charge on any atom is 0.166 e. The number of nitrogens with one attached hydrogen (secondary N) is 1. The summed E-state index contributed by atoms with van der Waals surface area (Å²) >= 11 is 1.69. The minimum Gasteiger partial charge on any atom is -0.399 e. The van der Waals surface area contributed by atoms with E-state index in [1.807, 2.05) is 18.2 Å². The van der Waals surface area contributed by atoms with Crippen LogP contribution in [0.15, 0.2) is 29.4 Å². The molecule has 0 saturated heterocycles. The van der Waals surface area contributed by atoms with Crippen molar-refractivity contribution < 1.29 is 0 Å². The zero-order chi connectivity index (χ0) is 14.8. The first-order chi connectivity index (χ1) is 10.2. The van der Waals surface area contributed by atoms with Crippen LogP contribution in [0.1, 0.15) is 25.2 Å². The third-order valence-electron chi connectivity index (χ3n) is 3.42. The van der Waals surface area contributed by atoms with Crippen LogP contribution in [0.25, 0.3) is 11.0 Å². The van der Waals surface area contributed by atoms with Gasteiger partial charge in [0.25, 0.3) is 0 Å². The van der Waals surface area contributed by atoms with Crippen LogP contribution in [0, 0.1) is 0 Å². The Morgan fingerprint density at radius 3 is 2.90 bits per heavy atom. The number of H-pyrrole nitrogens is 1. The Bertz CT molecular complexity index is 759. The summed E-state index contributed by atoms with van der Waals surface area (Å²) in [5.74, 6) is 0.857. The van der Waals surface area contributed by atoms with Crippen molar-refractivity contribution in [2.75, 3.05) is 5.73 Å². The number of nitrogen functional groups attached to an aromatic ring is 1. The van der Waals surface area contributed by atoms with Crippen LogP contribution >= 0.6 is 11.8 Å². The van der Waals surface area contributed by atoms with Crippen molar-refractivity contribution in [3.63, 3.8) is 0 Å². The molecule has 1 aromatic carbocycles. The summed E-state index contributed by atoms with van der Waals surface area (Å²) in [6.45, 7) is 5.14. The molecule has 0 saturated carbocycles. The Morgan fingerprint density at radius 2 is 2.14 bits per heavy atom. The van der Waals surface area contributed by atoms with Gasteiger partial charge in [0.1, 0.15) is 0 Å². The molecule has 6 heteroatoms. The first kappa shape index (κ1) is 14.0. The number of aromatic amines is 1. The third kappa shape index (κ3) is 2.90. The van der Waals surface area contributed by atoms with Gasteiger partial charge in [0.2, 0.25) is 0 Å². The van der Waals surface area contributed by atoms with Crippen LogP contribution in [0.2, 0.25) is 0 Å². The van der Waals surface area contributed by atoms with E-state index in [-0.39, 0.29) is 0 Å². The Balaban J connectivity index is 1.78. The second-order valence-electron chi connectivity index (χ2n) is 4.90. The topological polar surface area (TPSA) is 72.5 Å². The second-order valence-corrected chi connectivity index (χ2v) is 5.87. The molecule has 110 valence electrons. The largest absolute Gasteiger partial charge is 0.399 e. The van der Waals surface area contributed by atoms with Crippen molar-refractivity contribution in [3.05, 3.63) is 35.7 Å². The van der Waals surface area contributed by atoms with Gasteiger partial charge in [0, 0.05) is 23.7 Å². The number of anilines is 1. The number of rotatable bonds is 5. The number of nitrogens with zero attached hydrogens (tertiary/aromatic N) is 3. The van der Waals surface area contributed by atoms with Gasteiger partial charge in [-0.3, -0.25) is 4.68 Å². The van der Waals surface area contributed by atoms with Gasteiger partial charge in [-0.05, 0) is 37.6 Å². The predicted molar refractivity (Wildman–Crippen MR) is 87.3 cm³/mol. The van der Waals surface area contributed by atoms with Gasteiger partial charge in [-0.1, -0.05) is 18.7 Å². The average molecular weight is 301 g/mol. The van der Waals surface area contributed by atoms with Gasteiger partial charge < -0.3 is 10.7 Å². The van der Waals surface area contributed by atoms with E-state index in [4.69, 9.17) is 5.73 Å². The molecule has 0 bridgehead atoms. The van der Waals surface area contributed by atoms with Crippen molar-refractivity contribution in [1.82, 2.24) is 19.7 Å². The van der Waals surface area contributed by atoms with Crippen molar-refractivity contribution in [2.45, 2.75) is 37.7 Å². The van der Waals surface area contributed by atoms with Crippen LogP contribution in [-0.4, -0.2) is 19.7 Å². The lowest BCUT2D eigenvalue weighted by Crippen LogP contribution is -2.01. The number of nitrogens with two attached hydrogens (primary N) is 1.